The maximum Gasteiger partial charge on any atom is 0.210 e. The van der Waals surface area contributed by atoms with Gasteiger partial charge in [0.15, 0.2) is 9.84 Å². The van der Waals surface area contributed by atoms with E-state index >= 15 is 0 Å². The Hall–Kier alpha value is -3.20. The average Bonchev–Trinajstić information content (AvgIpc) is 3.20. The number of hydrogen-bond acceptors (Lipinski definition) is 7. The minimum absolute atomic E-state index is 0.253. The molecule has 3 aromatic carbocycles. The second-order valence-corrected chi connectivity index (χ2v) is 10.8. The lowest BCUT2D eigenvalue weighted by atomic mass is 10.1. The third-order valence-corrected chi connectivity index (χ3v) is 7.33. The minimum atomic E-state index is -3.31. The lowest BCUT2D eigenvalue weighted by Crippen LogP contribution is -2.03. The van der Waals surface area contributed by atoms with Gasteiger partial charge in [0.2, 0.25) is 5.13 Å². The zero-order valence-corrected chi connectivity index (χ0v) is 20.0. The van der Waals surface area contributed by atoms with E-state index in [1.165, 1.54) is 17.6 Å². The first-order chi connectivity index (χ1) is 15.8. The van der Waals surface area contributed by atoms with Crippen molar-refractivity contribution in [3.63, 3.8) is 0 Å². The summed E-state index contributed by atoms with van der Waals surface area (Å²) in [6.45, 7) is 0. The smallest absolute Gasteiger partial charge is 0.210 e. The summed E-state index contributed by atoms with van der Waals surface area (Å²) in [6.07, 6.45) is 1.19. The molecule has 2 aromatic heterocycles. The Labute approximate surface area is 198 Å². The largest absolute Gasteiger partial charge is 0.497 e. The first kappa shape index (κ1) is 21.6. The van der Waals surface area contributed by atoms with Gasteiger partial charge in [0.05, 0.1) is 27.6 Å². The Morgan fingerprint density at radius 2 is 1.82 bits per heavy atom. The number of halogens is 1. The number of fused-ring (bicyclic) bond motifs is 2. The van der Waals surface area contributed by atoms with Gasteiger partial charge in [-0.15, -0.1) is 0 Å². The molecule has 0 N–H and O–H groups in total. The second kappa shape index (κ2) is 8.30. The van der Waals surface area contributed by atoms with E-state index in [1.807, 2.05) is 30.3 Å². The maximum absolute atomic E-state index is 11.9. The normalized spacial score (nSPS) is 12.5. The zero-order chi connectivity index (χ0) is 23.2. The molecule has 0 aliphatic carbocycles. The summed E-state index contributed by atoms with van der Waals surface area (Å²) in [5.41, 5.74) is 2.18. The van der Waals surface area contributed by atoms with Crippen LogP contribution in [0.25, 0.3) is 32.5 Å². The van der Waals surface area contributed by atoms with Crippen LogP contribution in [0.4, 0.5) is 5.13 Å². The van der Waals surface area contributed by atoms with Gasteiger partial charge in [-0.2, -0.15) is 0 Å². The van der Waals surface area contributed by atoms with Crippen molar-refractivity contribution in [2.75, 3.05) is 13.4 Å². The van der Waals surface area contributed by atoms with Crippen molar-refractivity contribution in [1.29, 1.82) is 0 Å². The third-order valence-electron chi connectivity index (χ3n) is 5.07. The lowest BCUT2D eigenvalue weighted by molar-refractivity contribution is 0.415. The van der Waals surface area contributed by atoms with Gasteiger partial charge < -0.3 is 9.15 Å². The molecule has 0 saturated carbocycles. The van der Waals surface area contributed by atoms with Gasteiger partial charge >= 0.3 is 0 Å². The SMILES string of the molecule is COc1ccc(-c2c/c(=N\c3nc4ccc(S(C)(=O)=O)cc4s3)c3cc(Cl)ccc3o2)cc1. The molecule has 5 aromatic rings. The number of sulfone groups is 1. The van der Waals surface area contributed by atoms with E-state index in [1.54, 1.807) is 43.5 Å². The predicted octanol–water partition coefficient (Wildman–Crippen LogP) is 6.01. The van der Waals surface area contributed by atoms with Gasteiger partial charge in [-0.25, -0.2) is 18.4 Å². The summed E-state index contributed by atoms with van der Waals surface area (Å²) in [5, 5.41) is 2.46. The summed E-state index contributed by atoms with van der Waals surface area (Å²) >= 11 is 7.56. The molecule has 2 heterocycles. The summed E-state index contributed by atoms with van der Waals surface area (Å²) in [6, 6.07) is 19.6. The topological polar surface area (TPSA) is 81.8 Å². The van der Waals surface area contributed by atoms with E-state index in [4.69, 9.17) is 25.7 Å². The van der Waals surface area contributed by atoms with Crippen LogP contribution in [0.2, 0.25) is 5.02 Å². The number of aromatic nitrogens is 1. The lowest BCUT2D eigenvalue weighted by Gasteiger charge is -2.06. The van der Waals surface area contributed by atoms with Crippen LogP contribution in [0.1, 0.15) is 0 Å². The number of nitrogens with zero attached hydrogens (tertiary/aromatic N) is 2. The average molecular weight is 497 g/mol. The minimum Gasteiger partial charge on any atom is -0.497 e. The summed E-state index contributed by atoms with van der Waals surface area (Å²) in [7, 11) is -1.69. The Bertz CT molecular complexity index is 1690. The van der Waals surface area contributed by atoms with Crippen molar-refractivity contribution < 1.29 is 17.6 Å². The van der Waals surface area contributed by atoms with Crippen molar-refractivity contribution in [1.82, 2.24) is 4.98 Å². The molecule has 6 nitrogen and oxygen atoms in total. The second-order valence-electron chi connectivity index (χ2n) is 7.37. The van der Waals surface area contributed by atoms with E-state index in [2.05, 4.69) is 4.98 Å². The van der Waals surface area contributed by atoms with Gasteiger partial charge in [-0.1, -0.05) is 22.9 Å². The molecule has 0 unspecified atom stereocenters. The van der Waals surface area contributed by atoms with Crippen LogP contribution >= 0.6 is 22.9 Å². The van der Waals surface area contributed by atoms with Gasteiger partial charge in [0.1, 0.15) is 17.1 Å². The van der Waals surface area contributed by atoms with E-state index in [-0.39, 0.29) is 4.90 Å². The van der Waals surface area contributed by atoms with Crippen LogP contribution in [-0.4, -0.2) is 26.8 Å². The fourth-order valence-electron chi connectivity index (χ4n) is 3.41. The fraction of sp³-hybridized carbons (Fsp3) is 0.0833. The zero-order valence-electron chi connectivity index (χ0n) is 17.6. The maximum atomic E-state index is 11.9. The Morgan fingerprint density at radius 1 is 1.03 bits per heavy atom. The highest BCUT2D eigenvalue weighted by molar-refractivity contribution is 7.90. The van der Waals surface area contributed by atoms with Gasteiger partial charge in [-0.05, 0) is 60.7 Å². The Kier molecular flexibility index (Phi) is 5.44. The van der Waals surface area contributed by atoms with Crippen molar-refractivity contribution in [3.05, 3.63) is 77.1 Å². The number of thiazole rings is 1. The van der Waals surface area contributed by atoms with Crippen LogP contribution in [-0.2, 0) is 9.84 Å². The van der Waals surface area contributed by atoms with E-state index < -0.39 is 9.84 Å². The number of benzene rings is 3. The number of ether oxygens (including phenoxy) is 1. The number of rotatable bonds is 4. The van der Waals surface area contributed by atoms with Crippen LogP contribution in [0.3, 0.4) is 0 Å². The number of methoxy groups -OCH3 is 1. The Morgan fingerprint density at radius 3 is 2.55 bits per heavy atom. The predicted molar refractivity (Wildman–Crippen MR) is 131 cm³/mol. The highest BCUT2D eigenvalue weighted by Crippen LogP contribution is 2.31. The molecule has 166 valence electrons. The highest BCUT2D eigenvalue weighted by Gasteiger charge is 2.12. The summed E-state index contributed by atoms with van der Waals surface area (Å²) < 4.78 is 35.9. The molecule has 33 heavy (non-hydrogen) atoms. The summed E-state index contributed by atoms with van der Waals surface area (Å²) in [5.74, 6) is 1.38. The van der Waals surface area contributed by atoms with Crippen molar-refractivity contribution in [2.24, 2.45) is 4.99 Å². The fourth-order valence-corrected chi connectivity index (χ4v) is 5.19. The third kappa shape index (κ3) is 4.37. The van der Waals surface area contributed by atoms with Crippen LogP contribution in [0.15, 0.2) is 81.0 Å². The molecule has 9 heteroatoms. The standard InChI is InChI=1S/C24H17ClN2O4S2/c1-30-16-6-3-14(4-7-16)22-13-20(18-11-15(25)5-10-21(18)31-22)27-24-26-19-9-8-17(33(2,28)29)12-23(19)32-24/h3-13H,1-2H3/b27-20+. The van der Waals surface area contributed by atoms with Crippen molar-refractivity contribution in [2.45, 2.75) is 4.90 Å². The van der Waals surface area contributed by atoms with Crippen LogP contribution < -0.4 is 10.1 Å². The quantitative estimate of drug-likeness (QED) is 0.304. The van der Waals surface area contributed by atoms with Crippen LogP contribution in [0.5, 0.6) is 5.75 Å². The molecule has 0 spiro atoms. The van der Waals surface area contributed by atoms with E-state index in [0.29, 0.717) is 32.4 Å². The van der Waals surface area contributed by atoms with Gasteiger partial charge in [0, 0.05) is 28.3 Å². The van der Waals surface area contributed by atoms with Crippen LogP contribution in [0, 0.1) is 0 Å². The molecule has 0 fully saturated rings. The molecule has 0 saturated heterocycles. The summed E-state index contributed by atoms with van der Waals surface area (Å²) in [4.78, 5) is 9.59. The molecule has 0 radical (unpaired) electrons. The molecule has 0 aliphatic heterocycles. The molecule has 0 aliphatic rings. The van der Waals surface area contributed by atoms with E-state index in [9.17, 15) is 8.42 Å². The van der Waals surface area contributed by atoms with Gasteiger partial charge in [0.25, 0.3) is 0 Å². The molecule has 5 rings (SSSR count). The molecular weight excluding hydrogens is 480 g/mol. The molecular formula is C24H17ClN2O4S2. The Balaban J connectivity index is 1.71. The molecule has 0 amide bonds. The first-order valence-electron chi connectivity index (χ1n) is 9.83. The molecule has 0 bridgehead atoms. The first-order valence-corrected chi connectivity index (χ1v) is 12.9. The van der Waals surface area contributed by atoms with Gasteiger partial charge in [-0.3, -0.25) is 0 Å². The monoisotopic (exact) mass is 496 g/mol. The molecule has 0 atom stereocenters. The number of hydrogen-bond donors (Lipinski definition) is 0. The van der Waals surface area contributed by atoms with Crippen molar-refractivity contribution >= 4 is 59.1 Å². The highest BCUT2D eigenvalue weighted by atomic mass is 35.5. The van der Waals surface area contributed by atoms with E-state index in [0.717, 1.165) is 21.4 Å². The van der Waals surface area contributed by atoms with Crippen molar-refractivity contribution in [3.8, 4) is 17.1 Å².